The van der Waals surface area contributed by atoms with Crippen molar-refractivity contribution >= 4 is 17.4 Å². The van der Waals surface area contributed by atoms with Crippen LogP contribution in [0.3, 0.4) is 0 Å². The Morgan fingerprint density at radius 2 is 2.07 bits per heavy atom. The number of nitrogens with zero attached hydrogens (tertiary/aromatic N) is 4. The van der Waals surface area contributed by atoms with Crippen molar-refractivity contribution in [1.82, 2.24) is 19.5 Å². The molecule has 1 aromatic carbocycles. The number of carbonyl (C=O) groups is 1. The van der Waals surface area contributed by atoms with Gasteiger partial charge < -0.3 is 10.2 Å². The number of carbonyl (C=O) groups excluding carboxylic acids is 1. The minimum Gasteiger partial charge on any atom is -0.364 e. The maximum atomic E-state index is 14.2. The number of rotatable bonds is 4. The lowest BCUT2D eigenvalue weighted by Gasteiger charge is -2.24. The Morgan fingerprint density at radius 3 is 2.89 bits per heavy atom. The molecule has 2 aromatic heterocycles. The number of nitrogens with one attached hydrogen (secondary N) is 1. The van der Waals surface area contributed by atoms with Crippen molar-refractivity contribution in [2.24, 2.45) is 0 Å². The second kappa shape index (κ2) is 6.04. The van der Waals surface area contributed by atoms with Crippen LogP contribution in [0.5, 0.6) is 0 Å². The van der Waals surface area contributed by atoms with Gasteiger partial charge in [0.1, 0.15) is 11.6 Å². The first-order chi connectivity index (χ1) is 13.2. The number of hydrogen-bond acceptors (Lipinski definition) is 4. The fraction of sp³-hybridized carbons (Fsp3) is 0.350. The number of halogens is 1. The molecule has 1 saturated carbocycles. The number of aromatic nitrogens is 3. The van der Waals surface area contributed by atoms with Gasteiger partial charge in [-0.15, -0.1) is 5.10 Å². The zero-order chi connectivity index (χ0) is 18.4. The molecule has 1 N–H and O–H groups in total. The molecule has 138 valence electrons. The summed E-state index contributed by atoms with van der Waals surface area (Å²) in [7, 11) is 0. The number of anilines is 1. The van der Waals surface area contributed by atoms with Crippen LogP contribution in [-0.2, 0) is 10.2 Å². The molecule has 1 amide bonds. The molecular weight excluding hydrogens is 345 g/mol. The van der Waals surface area contributed by atoms with Crippen molar-refractivity contribution in [2.75, 3.05) is 18.4 Å². The predicted molar refractivity (Wildman–Crippen MR) is 98.9 cm³/mol. The van der Waals surface area contributed by atoms with Gasteiger partial charge >= 0.3 is 0 Å². The first-order valence-electron chi connectivity index (χ1n) is 9.27. The molecule has 2 aliphatic rings. The average molecular weight is 365 g/mol. The van der Waals surface area contributed by atoms with Crippen LogP contribution in [-0.4, -0.2) is 44.5 Å². The largest absolute Gasteiger partial charge is 0.364 e. The maximum absolute atomic E-state index is 14.2. The molecule has 6 nitrogen and oxygen atoms in total. The number of likely N-dealkylation sites (tertiary alicyclic amines) is 1. The quantitative estimate of drug-likeness (QED) is 0.772. The highest BCUT2D eigenvalue weighted by molar-refractivity contribution is 5.91. The molecule has 1 atom stereocenters. The van der Waals surface area contributed by atoms with Gasteiger partial charge in [-0.3, -0.25) is 4.79 Å². The van der Waals surface area contributed by atoms with E-state index in [4.69, 9.17) is 0 Å². The molecule has 7 heteroatoms. The highest BCUT2D eigenvalue weighted by atomic mass is 19.1. The third-order valence-corrected chi connectivity index (χ3v) is 5.63. The Hall–Kier alpha value is -2.96. The molecule has 0 spiro atoms. The van der Waals surface area contributed by atoms with Gasteiger partial charge in [0.2, 0.25) is 5.91 Å². The van der Waals surface area contributed by atoms with Crippen molar-refractivity contribution in [3.8, 4) is 0 Å². The third-order valence-electron chi connectivity index (χ3n) is 5.63. The van der Waals surface area contributed by atoms with Gasteiger partial charge in [0.25, 0.3) is 0 Å². The zero-order valence-corrected chi connectivity index (χ0v) is 14.8. The summed E-state index contributed by atoms with van der Waals surface area (Å²) in [6.45, 7) is 1.29. The number of benzene rings is 1. The Kier molecular flexibility index (Phi) is 3.63. The summed E-state index contributed by atoms with van der Waals surface area (Å²) in [5, 5.41) is 7.88. The van der Waals surface area contributed by atoms with Crippen LogP contribution in [0.1, 0.15) is 24.8 Å². The topological polar surface area (TPSA) is 62.5 Å². The number of amides is 1. The van der Waals surface area contributed by atoms with Gasteiger partial charge in [-0.05, 0) is 37.5 Å². The van der Waals surface area contributed by atoms with Crippen LogP contribution >= 0.6 is 0 Å². The van der Waals surface area contributed by atoms with Crippen molar-refractivity contribution in [1.29, 1.82) is 0 Å². The molecule has 1 saturated heterocycles. The monoisotopic (exact) mass is 365 g/mol. The van der Waals surface area contributed by atoms with E-state index in [9.17, 15) is 9.18 Å². The van der Waals surface area contributed by atoms with Crippen LogP contribution in [0.4, 0.5) is 10.2 Å². The fourth-order valence-electron chi connectivity index (χ4n) is 4.04. The lowest BCUT2D eigenvalue weighted by atomic mass is 9.94. The molecular formula is C20H20FN5O. The van der Waals surface area contributed by atoms with E-state index in [2.05, 4.69) is 15.4 Å². The average Bonchev–Trinajstić information content (AvgIpc) is 3.11. The molecule has 0 radical (unpaired) electrons. The van der Waals surface area contributed by atoms with E-state index in [1.54, 1.807) is 35.1 Å². The van der Waals surface area contributed by atoms with Crippen LogP contribution in [0.2, 0.25) is 0 Å². The molecule has 2 fully saturated rings. The number of imidazole rings is 1. The Labute approximate surface area is 156 Å². The minimum atomic E-state index is -0.659. The van der Waals surface area contributed by atoms with Crippen LogP contribution in [0, 0.1) is 5.82 Å². The first-order valence-corrected chi connectivity index (χ1v) is 9.27. The van der Waals surface area contributed by atoms with Gasteiger partial charge in [0.05, 0.1) is 5.41 Å². The Morgan fingerprint density at radius 1 is 1.22 bits per heavy atom. The van der Waals surface area contributed by atoms with Crippen molar-refractivity contribution < 1.29 is 9.18 Å². The lowest BCUT2D eigenvalue weighted by Crippen LogP contribution is -2.39. The second-order valence-electron chi connectivity index (χ2n) is 7.39. The molecule has 1 aliphatic heterocycles. The Bertz CT molecular complexity index is 1010. The summed E-state index contributed by atoms with van der Waals surface area (Å²) >= 11 is 0. The third kappa shape index (κ3) is 2.74. The van der Waals surface area contributed by atoms with E-state index in [1.165, 1.54) is 6.07 Å². The summed E-state index contributed by atoms with van der Waals surface area (Å²) in [5.41, 5.74) is 0.678. The highest BCUT2D eigenvalue weighted by Gasteiger charge is 2.55. The predicted octanol–water partition coefficient (Wildman–Crippen LogP) is 2.61. The van der Waals surface area contributed by atoms with Crippen molar-refractivity contribution in [2.45, 2.75) is 30.7 Å². The normalized spacial score (nSPS) is 20.8. The standard InChI is InChI=1S/C20H20FN5O/c21-16-4-2-1-3-15(16)20(8-9-20)19(27)25-11-7-14(13-25)23-17-5-6-18-22-10-12-26(18)24-17/h1-6,10,12,14H,7-9,11,13H2,(H,23,24). The molecule has 0 bridgehead atoms. The summed E-state index contributed by atoms with van der Waals surface area (Å²) in [4.78, 5) is 19.2. The molecule has 1 unspecified atom stereocenters. The maximum Gasteiger partial charge on any atom is 0.233 e. The molecule has 3 heterocycles. The van der Waals surface area contributed by atoms with E-state index < -0.39 is 5.41 Å². The first kappa shape index (κ1) is 16.2. The van der Waals surface area contributed by atoms with E-state index in [0.29, 0.717) is 18.7 Å². The smallest absolute Gasteiger partial charge is 0.233 e. The highest BCUT2D eigenvalue weighted by Crippen LogP contribution is 2.50. The van der Waals surface area contributed by atoms with E-state index in [-0.39, 0.29) is 17.8 Å². The Balaban J connectivity index is 1.29. The minimum absolute atomic E-state index is 0.0509. The summed E-state index contributed by atoms with van der Waals surface area (Å²) in [6.07, 6.45) is 5.80. The van der Waals surface area contributed by atoms with Gasteiger partial charge in [0.15, 0.2) is 5.65 Å². The van der Waals surface area contributed by atoms with Gasteiger partial charge in [-0.2, -0.15) is 0 Å². The molecule has 1 aliphatic carbocycles. The fourth-order valence-corrected chi connectivity index (χ4v) is 4.04. The van der Waals surface area contributed by atoms with Crippen LogP contribution in [0.25, 0.3) is 5.65 Å². The van der Waals surface area contributed by atoms with Crippen molar-refractivity contribution in [3.05, 3.63) is 60.2 Å². The SMILES string of the molecule is O=C(N1CCC(Nc2ccc3nccn3n2)C1)C1(c2ccccc2F)CC1. The lowest BCUT2D eigenvalue weighted by molar-refractivity contribution is -0.133. The summed E-state index contributed by atoms with van der Waals surface area (Å²) in [6, 6.07) is 10.6. The van der Waals surface area contributed by atoms with Gasteiger partial charge in [-0.25, -0.2) is 13.9 Å². The number of hydrogen-bond donors (Lipinski definition) is 1. The number of fused-ring (bicyclic) bond motifs is 1. The van der Waals surface area contributed by atoms with E-state index in [0.717, 1.165) is 30.7 Å². The van der Waals surface area contributed by atoms with E-state index in [1.807, 2.05) is 17.0 Å². The van der Waals surface area contributed by atoms with Gasteiger partial charge in [-0.1, -0.05) is 18.2 Å². The van der Waals surface area contributed by atoms with Crippen LogP contribution in [0.15, 0.2) is 48.8 Å². The second-order valence-corrected chi connectivity index (χ2v) is 7.39. The molecule has 27 heavy (non-hydrogen) atoms. The zero-order valence-electron chi connectivity index (χ0n) is 14.8. The summed E-state index contributed by atoms with van der Waals surface area (Å²) in [5.74, 6) is 0.528. The summed E-state index contributed by atoms with van der Waals surface area (Å²) < 4.78 is 16.0. The van der Waals surface area contributed by atoms with E-state index >= 15 is 0 Å². The van der Waals surface area contributed by atoms with Gasteiger partial charge in [0, 0.05) is 37.1 Å². The molecule has 5 rings (SSSR count). The van der Waals surface area contributed by atoms with Crippen LogP contribution < -0.4 is 5.32 Å². The van der Waals surface area contributed by atoms with Crippen molar-refractivity contribution in [3.63, 3.8) is 0 Å². The molecule has 3 aromatic rings.